The minimum absolute atomic E-state index is 0.0743. The van der Waals surface area contributed by atoms with Crippen LogP contribution in [-0.2, 0) is 0 Å². The largest absolute Gasteiger partial charge is 0.394 e. The minimum atomic E-state index is -0.729. The lowest BCUT2D eigenvalue weighted by Crippen LogP contribution is -2.16. The summed E-state index contributed by atoms with van der Waals surface area (Å²) in [5.41, 5.74) is 5.78. The van der Waals surface area contributed by atoms with Crippen LogP contribution >= 0.6 is 15.9 Å². The van der Waals surface area contributed by atoms with Crippen molar-refractivity contribution in [1.82, 2.24) is 0 Å². The number of nitrogens with two attached hydrogens (primary N) is 1. The monoisotopic (exact) mass is 260 g/mol. The molecule has 0 bridgehead atoms. The van der Waals surface area contributed by atoms with Gasteiger partial charge in [-0.25, -0.2) is 0 Å². The highest BCUT2D eigenvalue weighted by Gasteiger charge is 2.18. The van der Waals surface area contributed by atoms with E-state index in [1.54, 1.807) is 12.1 Å². The van der Waals surface area contributed by atoms with E-state index in [1.807, 2.05) is 0 Å². The Hall–Kier alpha value is -0.980. The van der Waals surface area contributed by atoms with Gasteiger partial charge in [0, 0.05) is 16.1 Å². The molecular weight excluding hydrogens is 252 g/mol. The first-order chi connectivity index (χ1) is 6.56. The molecule has 0 amide bonds. The Morgan fingerprint density at radius 3 is 2.79 bits per heavy atom. The van der Waals surface area contributed by atoms with Crippen LogP contribution in [-0.4, -0.2) is 16.6 Å². The Morgan fingerprint density at radius 1 is 1.64 bits per heavy atom. The third-order valence-corrected chi connectivity index (χ3v) is 2.28. The van der Waals surface area contributed by atoms with Crippen molar-refractivity contribution >= 4 is 21.6 Å². The Balaban J connectivity index is 3.22. The van der Waals surface area contributed by atoms with Crippen LogP contribution in [0, 0.1) is 10.1 Å². The molecule has 76 valence electrons. The molecule has 0 saturated heterocycles. The second-order valence-corrected chi connectivity index (χ2v) is 3.66. The van der Waals surface area contributed by atoms with Gasteiger partial charge in [0.15, 0.2) is 0 Å². The summed E-state index contributed by atoms with van der Waals surface area (Å²) < 4.78 is 0.696. The maximum Gasteiger partial charge on any atom is 0.274 e. The highest BCUT2D eigenvalue weighted by atomic mass is 79.9. The molecule has 1 atom stereocenters. The van der Waals surface area contributed by atoms with Crippen LogP contribution in [0.4, 0.5) is 5.69 Å². The summed E-state index contributed by atoms with van der Waals surface area (Å²) in [5, 5.41) is 19.4. The Bertz CT molecular complexity index is 356. The molecule has 1 aromatic rings. The maximum absolute atomic E-state index is 10.6. The molecule has 0 aliphatic carbocycles. The molecular formula is C8H9BrN2O3. The van der Waals surface area contributed by atoms with Crippen LogP contribution in [0.2, 0.25) is 0 Å². The summed E-state index contributed by atoms with van der Waals surface area (Å²) in [7, 11) is 0. The number of nitrogens with zero attached hydrogens (tertiary/aromatic N) is 1. The lowest BCUT2D eigenvalue weighted by Gasteiger charge is -2.09. The second kappa shape index (κ2) is 4.50. The van der Waals surface area contributed by atoms with Gasteiger partial charge < -0.3 is 10.8 Å². The number of aliphatic hydroxyl groups excluding tert-OH is 1. The highest BCUT2D eigenvalue weighted by Crippen LogP contribution is 2.26. The first-order valence-electron chi connectivity index (χ1n) is 3.86. The van der Waals surface area contributed by atoms with E-state index in [0.29, 0.717) is 10.0 Å². The van der Waals surface area contributed by atoms with E-state index in [0.717, 1.165) is 0 Å². The van der Waals surface area contributed by atoms with Crippen molar-refractivity contribution in [3.8, 4) is 0 Å². The van der Waals surface area contributed by atoms with Gasteiger partial charge in [-0.1, -0.05) is 15.9 Å². The van der Waals surface area contributed by atoms with Gasteiger partial charge in [-0.2, -0.15) is 0 Å². The fraction of sp³-hybridized carbons (Fsp3) is 0.250. The molecule has 0 aromatic heterocycles. The summed E-state index contributed by atoms with van der Waals surface area (Å²) in [4.78, 5) is 10.1. The van der Waals surface area contributed by atoms with Crippen molar-refractivity contribution < 1.29 is 10.0 Å². The van der Waals surface area contributed by atoms with E-state index in [-0.39, 0.29) is 12.3 Å². The molecule has 0 fully saturated rings. The number of halogens is 1. The van der Waals surface area contributed by atoms with Gasteiger partial charge in [0.25, 0.3) is 5.69 Å². The van der Waals surface area contributed by atoms with Crippen molar-refractivity contribution in [3.63, 3.8) is 0 Å². The van der Waals surface area contributed by atoms with Crippen LogP contribution in [0.1, 0.15) is 11.6 Å². The van der Waals surface area contributed by atoms with Gasteiger partial charge in [-0.05, 0) is 12.1 Å². The lowest BCUT2D eigenvalue weighted by atomic mass is 10.1. The molecule has 0 heterocycles. The van der Waals surface area contributed by atoms with Gasteiger partial charge in [0.1, 0.15) is 0 Å². The van der Waals surface area contributed by atoms with E-state index in [1.165, 1.54) is 6.07 Å². The standard InChI is InChI=1S/C8H9BrN2O3/c9-5-1-2-8(11(13)14)6(3-5)7(10)4-12/h1-3,7,12H,4,10H2/t7-/m1/s1. The fourth-order valence-corrected chi connectivity index (χ4v) is 1.47. The number of rotatable bonds is 3. The van der Waals surface area contributed by atoms with Gasteiger partial charge in [-0.15, -0.1) is 0 Å². The SMILES string of the molecule is N[C@H](CO)c1cc(Br)ccc1[N+](=O)[O-]. The number of hydrogen-bond acceptors (Lipinski definition) is 4. The average molecular weight is 261 g/mol. The van der Waals surface area contributed by atoms with E-state index < -0.39 is 11.0 Å². The van der Waals surface area contributed by atoms with Crippen molar-refractivity contribution in [2.75, 3.05) is 6.61 Å². The summed E-state index contributed by atoms with van der Waals surface area (Å²) in [6, 6.07) is 3.73. The van der Waals surface area contributed by atoms with E-state index >= 15 is 0 Å². The maximum atomic E-state index is 10.6. The summed E-state index contributed by atoms with van der Waals surface area (Å²) in [6.45, 7) is -0.322. The normalized spacial score (nSPS) is 12.5. The zero-order valence-corrected chi connectivity index (χ0v) is 8.77. The molecule has 0 aliphatic heterocycles. The first kappa shape index (κ1) is 11.1. The second-order valence-electron chi connectivity index (χ2n) is 2.75. The lowest BCUT2D eigenvalue weighted by molar-refractivity contribution is -0.385. The van der Waals surface area contributed by atoms with Crippen molar-refractivity contribution in [2.24, 2.45) is 5.73 Å². The Morgan fingerprint density at radius 2 is 2.29 bits per heavy atom. The van der Waals surface area contributed by atoms with Crippen molar-refractivity contribution in [3.05, 3.63) is 38.3 Å². The summed E-state index contributed by atoms with van der Waals surface area (Å²) in [6.07, 6.45) is 0. The topological polar surface area (TPSA) is 89.4 Å². The smallest absolute Gasteiger partial charge is 0.274 e. The molecule has 0 spiro atoms. The number of aliphatic hydroxyl groups is 1. The molecule has 6 heteroatoms. The summed E-state index contributed by atoms with van der Waals surface area (Å²) in [5.74, 6) is 0. The van der Waals surface area contributed by atoms with Gasteiger partial charge in [0.05, 0.1) is 17.6 Å². The van der Waals surface area contributed by atoms with Crippen LogP contribution in [0.5, 0.6) is 0 Å². The third-order valence-electron chi connectivity index (χ3n) is 1.78. The van der Waals surface area contributed by atoms with Gasteiger partial charge in [0.2, 0.25) is 0 Å². The molecule has 0 radical (unpaired) electrons. The van der Waals surface area contributed by atoms with E-state index in [4.69, 9.17) is 10.8 Å². The molecule has 5 nitrogen and oxygen atoms in total. The predicted molar refractivity (Wildman–Crippen MR) is 54.8 cm³/mol. The number of benzene rings is 1. The number of hydrogen-bond donors (Lipinski definition) is 2. The molecule has 14 heavy (non-hydrogen) atoms. The van der Waals surface area contributed by atoms with Crippen LogP contribution in [0.25, 0.3) is 0 Å². The molecule has 0 unspecified atom stereocenters. The average Bonchev–Trinajstić information content (AvgIpc) is 2.16. The highest BCUT2D eigenvalue weighted by molar-refractivity contribution is 9.10. The molecule has 1 aromatic carbocycles. The minimum Gasteiger partial charge on any atom is -0.394 e. The Labute approximate surface area is 88.8 Å². The number of nitro benzene ring substituents is 1. The quantitative estimate of drug-likeness (QED) is 0.634. The zero-order valence-electron chi connectivity index (χ0n) is 7.18. The van der Waals surface area contributed by atoms with Gasteiger partial charge in [-0.3, -0.25) is 10.1 Å². The van der Waals surface area contributed by atoms with Gasteiger partial charge >= 0.3 is 0 Å². The van der Waals surface area contributed by atoms with Crippen LogP contribution < -0.4 is 5.73 Å². The summed E-state index contributed by atoms with van der Waals surface area (Å²) >= 11 is 3.18. The van der Waals surface area contributed by atoms with E-state index in [2.05, 4.69) is 15.9 Å². The van der Waals surface area contributed by atoms with E-state index in [9.17, 15) is 10.1 Å². The van der Waals surface area contributed by atoms with Crippen LogP contribution in [0.3, 0.4) is 0 Å². The first-order valence-corrected chi connectivity index (χ1v) is 4.66. The van der Waals surface area contributed by atoms with Crippen LogP contribution in [0.15, 0.2) is 22.7 Å². The molecule has 0 aliphatic rings. The predicted octanol–water partition coefficient (Wildman–Crippen LogP) is 1.35. The van der Waals surface area contributed by atoms with Crippen molar-refractivity contribution in [1.29, 1.82) is 0 Å². The Kier molecular flexibility index (Phi) is 3.56. The molecule has 3 N–H and O–H groups in total. The molecule has 0 saturated carbocycles. The van der Waals surface area contributed by atoms with Crippen molar-refractivity contribution in [2.45, 2.75) is 6.04 Å². The fourth-order valence-electron chi connectivity index (χ4n) is 1.09. The zero-order chi connectivity index (χ0) is 10.7. The third kappa shape index (κ3) is 2.28. The number of nitro groups is 1. The molecule has 1 rings (SSSR count).